The lowest BCUT2D eigenvalue weighted by Gasteiger charge is -2.14. The highest BCUT2D eigenvalue weighted by Gasteiger charge is 2.13. The van der Waals surface area contributed by atoms with Crippen LogP contribution in [0.1, 0.15) is 61.6 Å². The van der Waals surface area contributed by atoms with Crippen molar-refractivity contribution in [2.45, 2.75) is 51.9 Å². The highest BCUT2D eigenvalue weighted by molar-refractivity contribution is 5.94. The molecule has 7 heteroatoms. The summed E-state index contributed by atoms with van der Waals surface area (Å²) in [6.45, 7) is 3.04. The van der Waals surface area contributed by atoms with Crippen LogP contribution in [0.5, 0.6) is 0 Å². The number of likely N-dealkylation sites (N-methyl/N-ethyl adjacent to an activating group) is 1. The molecule has 1 aliphatic carbocycles. The molecule has 0 spiro atoms. The molecule has 1 N–H and O–H groups in total. The minimum atomic E-state index is -0.0761. The maximum absolute atomic E-state index is 12.4. The van der Waals surface area contributed by atoms with Gasteiger partial charge in [0.05, 0.1) is 0 Å². The first kappa shape index (κ1) is 21.7. The second kappa shape index (κ2) is 10.7. The van der Waals surface area contributed by atoms with Gasteiger partial charge in [-0.25, -0.2) is 0 Å². The molecule has 1 aromatic heterocycles. The summed E-state index contributed by atoms with van der Waals surface area (Å²) in [6.07, 6.45) is 9.09. The van der Waals surface area contributed by atoms with Gasteiger partial charge in [-0.1, -0.05) is 23.7 Å². The summed E-state index contributed by atoms with van der Waals surface area (Å²) < 4.78 is 5.33. The van der Waals surface area contributed by atoms with Crippen LogP contribution >= 0.6 is 0 Å². The molecule has 2 aromatic rings. The van der Waals surface area contributed by atoms with Crippen molar-refractivity contribution in [3.63, 3.8) is 0 Å². The Morgan fingerprint density at radius 1 is 1.17 bits per heavy atom. The highest BCUT2D eigenvalue weighted by Crippen LogP contribution is 2.20. The fourth-order valence-corrected chi connectivity index (χ4v) is 3.47. The van der Waals surface area contributed by atoms with Gasteiger partial charge in [-0.05, 0) is 56.4 Å². The average molecular weight is 411 g/mol. The van der Waals surface area contributed by atoms with E-state index < -0.39 is 0 Å². The number of benzene rings is 1. The third-order valence-electron chi connectivity index (χ3n) is 5.38. The third-order valence-corrected chi connectivity index (χ3v) is 5.38. The SMILES string of the molecule is CCC(=O)N(C)CCc1noc(-c2ccc(C(=O)NCCC3=CCCCC3)cc2)n1. The molecule has 7 nitrogen and oxygen atoms in total. The Kier molecular flexibility index (Phi) is 7.76. The molecule has 1 heterocycles. The van der Waals surface area contributed by atoms with E-state index in [1.54, 1.807) is 24.1 Å². The minimum Gasteiger partial charge on any atom is -0.352 e. The molecule has 0 unspecified atom stereocenters. The fourth-order valence-electron chi connectivity index (χ4n) is 3.47. The van der Waals surface area contributed by atoms with Crippen LogP contribution in [0.2, 0.25) is 0 Å². The lowest BCUT2D eigenvalue weighted by Crippen LogP contribution is -2.28. The number of aromatic nitrogens is 2. The largest absolute Gasteiger partial charge is 0.352 e. The predicted molar refractivity (Wildman–Crippen MR) is 115 cm³/mol. The van der Waals surface area contributed by atoms with E-state index in [4.69, 9.17) is 4.52 Å². The number of hydrogen-bond acceptors (Lipinski definition) is 5. The van der Waals surface area contributed by atoms with Gasteiger partial charge in [-0.3, -0.25) is 9.59 Å². The highest BCUT2D eigenvalue weighted by atomic mass is 16.5. The molecule has 2 amide bonds. The van der Waals surface area contributed by atoms with E-state index in [1.165, 1.54) is 18.4 Å². The first-order valence-corrected chi connectivity index (χ1v) is 10.7. The molecule has 160 valence electrons. The normalized spacial score (nSPS) is 13.6. The molecule has 0 fully saturated rings. The molecule has 3 rings (SSSR count). The zero-order chi connectivity index (χ0) is 21.3. The van der Waals surface area contributed by atoms with Crippen LogP contribution in [-0.4, -0.2) is 47.0 Å². The quantitative estimate of drug-likeness (QED) is 0.636. The molecule has 0 saturated heterocycles. The maximum atomic E-state index is 12.4. The van der Waals surface area contributed by atoms with Crippen molar-refractivity contribution >= 4 is 11.8 Å². The van der Waals surface area contributed by atoms with Gasteiger partial charge in [0.15, 0.2) is 5.82 Å². The number of allylic oxidation sites excluding steroid dienone is 1. The van der Waals surface area contributed by atoms with E-state index >= 15 is 0 Å². The Morgan fingerprint density at radius 3 is 2.67 bits per heavy atom. The van der Waals surface area contributed by atoms with Crippen LogP contribution in [0.25, 0.3) is 11.5 Å². The van der Waals surface area contributed by atoms with Gasteiger partial charge in [0.1, 0.15) is 0 Å². The van der Waals surface area contributed by atoms with Gasteiger partial charge in [-0.15, -0.1) is 0 Å². The lowest BCUT2D eigenvalue weighted by atomic mass is 9.97. The van der Waals surface area contributed by atoms with Gasteiger partial charge >= 0.3 is 0 Å². The summed E-state index contributed by atoms with van der Waals surface area (Å²) >= 11 is 0. The summed E-state index contributed by atoms with van der Waals surface area (Å²) in [5.74, 6) is 0.973. The van der Waals surface area contributed by atoms with Crippen molar-refractivity contribution < 1.29 is 14.1 Å². The van der Waals surface area contributed by atoms with Crippen LogP contribution in [0.15, 0.2) is 40.4 Å². The van der Waals surface area contributed by atoms with Crippen molar-refractivity contribution in [3.05, 3.63) is 47.3 Å². The average Bonchev–Trinajstić information content (AvgIpc) is 3.26. The standard InChI is InChI=1S/C23H30N4O3/c1-3-21(28)27(2)16-14-20-25-23(30-26-20)19-11-9-18(10-12-19)22(29)24-15-13-17-7-5-4-6-8-17/h7,9-12H,3-6,8,13-16H2,1-2H3,(H,24,29). The monoisotopic (exact) mass is 410 g/mol. The summed E-state index contributed by atoms with van der Waals surface area (Å²) in [6, 6.07) is 7.15. The van der Waals surface area contributed by atoms with E-state index in [2.05, 4.69) is 21.5 Å². The first-order valence-electron chi connectivity index (χ1n) is 10.7. The predicted octanol–water partition coefficient (Wildman–Crippen LogP) is 3.77. The van der Waals surface area contributed by atoms with Gasteiger partial charge in [0.2, 0.25) is 5.91 Å². The molecule has 0 radical (unpaired) electrons. The van der Waals surface area contributed by atoms with Crippen molar-refractivity contribution in [1.82, 2.24) is 20.4 Å². The van der Waals surface area contributed by atoms with E-state index in [-0.39, 0.29) is 11.8 Å². The molecule has 0 atom stereocenters. The minimum absolute atomic E-state index is 0.0761. The van der Waals surface area contributed by atoms with Gasteiger partial charge in [-0.2, -0.15) is 4.98 Å². The van der Waals surface area contributed by atoms with Gasteiger partial charge < -0.3 is 14.7 Å². The zero-order valence-electron chi connectivity index (χ0n) is 17.8. The van der Waals surface area contributed by atoms with Crippen molar-refractivity contribution in [2.24, 2.45) is 0 Å². The summed E-state index contributed by atoms with van der Waals surface area (Å²) in [7, 11) is 1.77. The molecule has 30 heavy (non-hydrogen) atoms. The molecule has 0 bridgehead atoms. The molecular weight excluding hydrogens is 380 g/mol. The lowest BCUT2D eigenvalue weighted by molar-refractivity contribution is -0.129. The van der Waals surface area contributed by atoms with Crippen molar-refractivity contribution in [2.75, 3.05) is 20.1 Å². The topological polar surface area (TPSA) is 88.3 Å². The van der Waals surface area contributed by atoms with Crippen LogP contribution < -0.4 is 5.32 Å². The number of carbonyl (C=O) groups is 2. The second-order valence-corrected chi connectivity index (χ2v) is 7.63. The molecule has 1 aliphatic rings. The van der Waals surface area contributed by atoms with Crippen LogP contribution in [0.4, 0.5) is 0 Å². The third kappa shape index (κ3) is 6.02. The Labute approximate surface area is 177 Å². The Hall–Kier alpha value is -2.96. The number of nitrogens with zero attached hydrogens (tertiary/aromatic N) is 3. The second-order valence-electron chi connectivity index (χ2n) is 7.63. The number of rotatable bonds is 9. The molecule has 1 aromatic carbocycles. The molecule has 0 aliphatic heterocycles. The molecular formula is C23H30N4O3. The summed E-state index contributed by atoms with van der Waals surface area (Å²) in [4.78, 5) is 30.0. The van der Waals surface area contributed by atoms with Gasteiger partial charge in [0, 0.05) is 44.1 Å². The summed E-state index contributed by atoms with van der Waals surface area (Å²) in [5, 5.41) is 6.97. The Balaban J connectivity index is 1.50. The first-order chi connectivity index (χ1) is 14.6. The number of amides is 2. The van der Waals surface area contributed by atoms with E-state index in [0.29, 0.717) is 43.2 Å². The van der Waals surface area contributed by atoms with E-state index in [9.17, 15) is 9.59 Å². The summed E-state index contributed by atoms with van der Waals surface area (Å²) in [5.41, 5.74) is 2.82. The van der Waals surface area contributed by atoms with Crippen molar-refractivity contribution in [3.8, 4) is 11.5 Å². The number of hydrogen-bond donors (Lipinski definition) is 1. The number of nitrogens with one attached hydrogen (secondary N) is 1. The van der Waals surface area contributed by atoms with Crippen molar-refractivity contribution in [1.29, 1.82) is 0 Å². The Morgan fingerprint density at radius 2 is 1.97 bits per heavy atom. The maximum Gasteiger partial charge on any atom is 0.257 e. The Bertz CT molecular complexity index is 886. The smallest absolute Gasteiger partial charge is 0.257 e. The van der Waals surface area contributed by atoms with E-state index in [0.717, 1.165) is 24.8 Å². The van der Waals surface area contributed by atoms with E-state index in [1.807, 2.05) is 19.1 Å². The van der Waals surface area contributed by atoms with Crippen LogP contribution in [-0.2, 0) is 11.2 Å². The van der Waals surface area contributed by atoms with Crippen LogP contribution in [0.3, 0.4) is 0 Å². The van der Waals surface area contributed by atoms with Crippen LogP contribution in [0, 0.1) is 0 Å². The zero-order valence-corrected chi connectivity index (χ0v) is 17.8. The van der Waals surface area contributed by atoms with Gasteiger partial charge in [0.25, 0.3) is 11.8 Å². The number of carbonyl (C=O) groups excluding carboxylic acids is 2. The molecule has 0 saturated carbocycles. The fraction of sp³-hybridized carbons (Fsp3) is 0.478.